The molecule has 4 heteroatoms. The van der Waals surface area contributed by atoms with Crippen LogP contribution in [0.1, 0.15) is 25.0 Å². The third kappa shape index (κ3) is 4.28. The molecule has 13 heavy (non-hydrogen) atoms. The van der Waals surface area contributed by atoms with Crippen LogP contribution in [-0.4, -0.2) is 11.7 Å². The second-order valence-corrected chi connectivity index (χ2v) is 2.77. The van der Waals surface area contributed by atoms with E-state index < -0.39 is 0 Å². The summed E-state index contributed by atoms with van der Waals surface area (Å²) in [7, 11) is 0. The molecule has 1 rings (SSSR count). The van der Waals surface area contributed by atoms with E-state index in [0.29, 0.717) is 13.0 Å². The van der Waals surface area contributed by atoms with Gasteiger partial charge in [-0.2, -0.15) is 5.26 Å². The summed E-state index contributed by atoms with van der Waals surface area (Å²) < 4.78 is 4.90. The van der Waals surface area contributed by atoms with E-state index in [0.717, 1.165) is 25.1 Å². The number of hydrogen-bond acceptors (Lipinski definition) is 4. The van der Waals surface area contributed by atoms with Crippen molar-refractivity contribution in [3.63, 3.8) is 0 Å². The highest BCUT2D eigenvalue weighted by Gasteiger charge is 1.94. The first-order valence-electron chi connectivity index (χ1n) is 4.40. The summed E-state index contributed by atoms with van der Waals surface area (Å²) in [6.45, 7) is 1.63. The molecule has 0 amide bonds. The maximum atomic E-state index is 8.28. The molecule has 0 aromatic carbocycles. The SMILES string of the molecule is N#CCCCCNCc1ccno1. The summed E-state index contributed by atoms with van der Waals surface area (Å²) in [4.78, 5) is 0. The fourth-order valence-electron chi connectivity index (χ4n) is 0.999. The molecule has 1 aromatic rings. The molecule has 0 atom stereocenters. The van der Waals surface area contributed by atoms with Crippen molar-refractivity contribution in [2.45, 2.75) is 25.8 Å². The van der Waals surface area contributed by atoms with Gasteiger partial charge >= 0.3 is 0 Å². The normalized spacial score (nSPS) is 9.77. The minimum atomic E-state index is 0.643. The van der Waals surface area contributed by atoms with Gasteiger partial charge in [-0.15, -0.1) is 0 Å². The van der Waals surface area contributed by atoms with Crippen LogP contribution in [0.15, 0.2) is 16.8 Å². The van der Waals surface area contributed by atoms with Crippen molar-refractivity contribution in [2.75, 3.05) is 6.54 Å². The Bertz CT molecular complexity index is 250. The number of unbranched alkanes of at least 4 members (excludes halogenated alkanes) is 2. The van der Waals surface area contributed by atoms with Crippen LogP contribution in [0.3, 0.4) is 0 Å². The number of hydrogen-bond donors (Lipinski definition) is 1. The van der Waals surface area contributed by atoms with E-state index in [9.17, 15) is 0 Å². The first kappa shape index (κ1) is 9.75. The molecular formula is C9H13N3O. The van der Waals surface area contributed by atoms with Gasteiger partial charge in [0, 0.05) is 12.5 Å². The van der Waals surface area contributed by atoms with Gasteiger partial charge in [-0.1, -0.05) is 5.16 Å². The summed E-state index contributed by atoms with van der Waals surface area (Å²) >= 11 is 0. The standard InChI is InChI=1S/C9H13N3O/c10-5-2-1-3-6-11-8-9-4-7-12-13-9/h4,7,11H,1-3,6,8H2. The van der Waals surface area contributed by atoms with E-state index in [1.807, 2.05) is 6.07 Å². The molecule has 0 bridgehead atoms. The quantitative estimate of drug-likeness (QED) is 0.671. The van der Waals surface area contributed by atoms with Crippen LogP contribution in [0.4, 0.5) is 0 Å². The predicted molar refractivity (Wildman–Crippen MR) is 47.7 cm³/mol. The number of aromatic nitrogens is 1. The van der Waals surface area contributed by atoms with Gasteiger partial charge in [-0.05, 0) is 19.4 Å². The highest BCUT2D eigenvalue weighted by Crippen LogP contribution is 1.96. The second-order valence-electron chi connectivity index (χ2n) is 2.77. The van der Waals surface area contributed by atoms with Crippen molar-refractivity contribution >= 4 is 0 Å². The molecule has 1 heterocycles. The van der Waals surface area contributed by atoms with Gasteiger partial charge in [0.1, 0.15) is 5.76 Å². The topological polar surface area (TPSA) is 61.9 Å². The van der Waals surface area contributed by atoms with Crippen molar-refractivity contribution in [1.82, 2.24) is 10.5 Å². The van der Waals surface area contributed by atoms with Crippen molar-refractivity contribution < 1.29 is 4.52 Å². The van der Waals surface area contributed by atoms with E-state index in [2.05, 4.69) is 16.5 Å². The van der Waals surface area contributed by atoms with Crippen LogP contribution in [0.5, 0.6) is 0 Å². The van der Waals surface area contributed by atoms with Crippen LogP contribution < -0.4 is 5.32 Å². The molecule has 1 N–H and O–H groups in total. The highest BCUT2D eigenvalue weighted by molar-refractivity contribution is 4.91. The smallest absolute Gasteiger partial charge is 0.150 e. The maximum absolute atomic E-state index is 8.28. The monoisotopic (exact) mass is 179 g/mol. The van der Waals surface area contributed by atoms with E-state index in [-0.39, 0.29) is 0 Å². The molecule has 0 fully saturated rings. The van der Waals surface area contributed by atoms with Gasteiger partial charge in [0.05, 0.1) is 18.8 Å². The Kier molecular flexibility index (Phi) is 4.65. The molecule has 0 saturated heterocycles. The van der Waals surface area contributed by atoms with Crippen LogP contribution in [-0.2, 0) is 6.54 Å². The highest BCUT2D eigenvalue weighted by atomic mass is 16.5. The molecular weight excluding hydrogens is 166 g/mol. The summed E-state index contributed by atoms with van der Waals surface area (Å²) in [6, 6.07) is 3.95. The lowest BCUT2D eigenvalue weighted by Gasteiger charge is -1.99. The van der Waals surface area contributed by atoms with Gasteiger partial charge in [0.15, 0.2) is 0 Å². The van der Waals surface area contributed by atoms with E-state index >= 15 is 0 Å². The molecule has 0 aliphatic rings. The first-order chi connectivity index (χ1) is 6.43. The first-order valence-corrected chi connectivity index (χ1v) is 4.40. The van der Waals surface area contributed by atoms with Gasteiger partial charge in [-0.25, -0.2) is 0 Å². The molecule has 0 unspecified atom stereocenters. The van der Waals surface area contributed by atoms with Crippen molar-refractivity contribution in [1.29, 1.82) is 5.26 Å². The van der Waals surface area contributed by atoms with Crippen LogP contribution in [0.25, 0.3) is 0 Å². The van der Waals surface area contributed by atoms with Crippen molar-refractivity contribution in [3.8, 4) is 6.07 Å². The maximum Gasteiger partial charge on any atom is 0.150 e. The number of nitrogens with zero attached hydrogens (tertiary/aromatic N) is 2. The van der Waals surface area contributed by atoms with Crippen molar-refractivity contribution in [2.24, 2.45) is 0 Å². The lowest BCUT2D eigenvalue weighted by atomic mass is 10.2. The summed E-state index contributed by atoms with van der Waals surface area (Å²) in [5, 5.41) is 15.1. The Balaban J connectivity index is 1.94. The molecule has 70 valence electrons. The Morgan fingerprint density at radius 2 is 2.46 bits per heavy atom. The minimum Gasteiger partial charge on any atom is -0.360 e. The van der Waals surface area contributed by atoms with Crippen molar-refractivity contribution in [3.05, 3.63) is 18.0 Å². The lowest BCUT2D eigenvalue weighted by molar-refractivity contribution is 0.372. The molecule has 0 radical (unpaired) electrons. The van der Waals surface area contributed by atoms with E-state index in [1.54, 1.807) is 6.20 Å². The minimum absolute atomic E-state index is 0.643. The third-order valence-electron chi connectivity index (χ3n) is 1.68. The summed E-state index contributed by atoms with van der Waals surface area (Å²) in [5.74, 6) is 0.847. The number of rotatable bonds is 6. The Morgan fingerprint density at radius 3 is 3.15 bits per heavy atom. The van der Waals surface area contributed by atoms with Crippen LogP contribution >= 0.6 is 0 Å². The zero-order chi connectivity index (χ0) is 9.36. The summed E-state index contributed by atoms with van der Waals surface area (Å²) in [5.41, 5.74) is 0. The fourth-order valence-corrected chi connectivity index (χ4v) is 0.999. The van der Waals surface area contributed by atoms with Gasteiger partial charge in [0.2, 0.25) is 0 Å². The summed E-state index contributed by atoms with van der Waals surface area (Å²) in [6.07, 6.45) is 4.26. The van der Waals surface area contributed by atoms with Gasteiger partial charge in [-0.3, -0.25) is 0 Å². The Morgan fingerprint density at radius 1 is 1.54 bits per heavy atom. The zero-order valence-corrected chi connectivity index (χ0v) is 7.49. The zero-order valence-electron chi connectivity index (χ0n) is 7.49. The van der Waals surface area contributed by atoms with Crippen LogP contribution in [0.2, 0.25) is 0 Å². The lowest BCUT2D eigenvalue weighted by Crippen LogP contribution is -2.13. The Labute approximate surface area is 77.5 Å². The Hall–Kier alpha value is -1.34. The molecule has 0 spiro atoms. The second kappa shape index (κ2) is 6.21. The van der Waals surface area contributed by atoms with E-state index in [1.165, 1.54) is 0 Å². The molecule has 0 aliphatic heterocycles. The van der Waals surface area contributed by atoms with E-state index in [4.69, 9.17) is 9.78 Å². The number of nitrogens with one attached hydrogen (secondary N) is 1. The third-order valence-corrected chi connectivity index (χ3v) is 1.68. The molecule has 1 aromatic heterocycles. The molecule has 4 nitrogen and oxygen atoms in total. The van der Waals surface area contributed by atoms with Gasteiger partial charge in [0.25, 0.3) is 0 Å². The fraction of sp³-hybridized carbons (Fsp3) is 0.556. The largest absolute Gasteiger partial charge is 0.360 e. The predicted octanol–water partition coefficient (Wildman–Crippen LogP) is 1.46. The molecule has 0 aliphatic carbocycles. The number of nitriles is 1. The van der Waals surface area contributed by atoms with Crippen LogP contribution in [0, 0.1) is 11.3 Å². The molecule has 0 saturated carbocycles. The van der Waals surface area contributed by atoms with Gasteiger partial charge < -0.3 is 9.84 Å². The average Bonchev–Trinajstić information content (AvgIpc) is 2.63. The average molecular weight is 179 g/mol.